The van der Waals surface area contributed by atoms with E-state index < -0.39 is 10.0 Å². The van der Waals surface area contributed by atoms with Gasteiger partial charge in [0.1, 0.15) is 0 Å². The minimum absolute atomic E-state index is 0.278. The third-order valence-corrected chi connectivity index (χ3v) is 5.85. The lowest BCUT2D eigenvalue weighted by Crippen LogP contribution is -2.20. The molecular weight excluding hydrogens is 342 g/mol. The number of nitrogens with one attached hydrogen (secondary N) is 2. The number of thiazole rings is 1. The topological polar surface area (TPSA) is 71.1 Å². The summed E-state index contributed by atoms with van der Waals surface area (Å²) in [5, 5.41) is 5.94. The molecule has 0 saturated heterocycles. The van der Waals surface area contributed by atoms with Crippen LogP contribution in [0.5, 0.6) is 0 Å². The standard InChI is InChI=1S/C17H17N3O2S2/c1-18-24(21,22)16-10-6-5-9-14(16)11-19-17-20-15(12-23-17)13-7-3-2-4-8-13/h2-10,12,18H,11H2,1H3,(H,19,20). The summed E-state index contributed by atoms with van der Waals surface area (Å²) < 4.78 is 26.5. The van der Waals surface area contributed by atoms with Crippen LogP contribution in [0.3, 0.4) is 0 Å². The maximum Gasteiger partial charge on any atom is 0.240 e. The van der Waals surface area contributed by atoms with Gasteiger partial charge in [-0.3, -0.25) is 0 Å². The van der Waals surface area contributed by atoms with Gasteiger partial charge in [-0.25, -0.2) is 18.1 Å². The van der Waals surface area contributed by atoms with Gasteiger partial charge in [0.2, 0.25) is 10.0 Å². The Hall–Kier alpha value is -2.22. The van der Waals surface area contributed by atoms with Gasteiger partial charge in [0.05, 0.1) is 10.6 Å². The lowest BCUT2D eigenvalue weighted by Gasteiger charge is -2.10. The van der Waals surface area contributed by atoms with Crippen molar-refractivity contribution in [2.45, 2.75) is 11.4 Å². The van der Waals surface area contributed by atoms with Gasteiger partial charge in [-0.1, -0.05) is 48.5 Å². The average Bonchev–Trinajstić information content (AvgIpc) is 3.10. The summed E-state index contributed by atoms with van der Waals surface area (Å²) in [7, 11) is -2.07. The maximum absolute atomic E-state index is 12.1. The van der Waals surface area contributed by atoms with Crippen LogP contribution in [0, 0.1) is 0 Å². The molecule has 0 aliphatic carbocycles. The summed E-state index contributed by atoms with van der Waals surface area (Å²) in [6.45, 7) is 0.388. The molecule has 0 aliphatic heterocycles. The first kappa shape index (κ1) is 16.6. The molecule has 0 amide bonds. The van der Waals surface area contributed by atoms with Crippen molar-refractivity contribution >= 4 is 26.5 Å². The van der Waals surface area contributed by atoms with Crippen molar-refractivity contribution in [3.05, 3.63) is 65.5 Å². The fourth-order valence-corrected chi connectivity index (χ4v) is 3.97. The Morgan fingerprint density at radius 2 is 1.75 bits per heavy atom. The van der Waals surface area contributed by atoms with Crippen LogP contribution in [-0.2, 0) is 16.6 Å². The summed E-state index contributed by atoms with van der Waals surface area (Å²) in [5.74, 6) is 0. The fraction of sp³-hybridized carbons (Fsp3) is 0.118. The zero-order chi connectivity index (χ0) is 17.0. The maximum atomic E-state index is 12.1. The first-order valence-corrected chi connectivity index (χ1v) is 9.73. The van der Waals surface area contributed by atoms with Gasteiger partial charge in [-0.05, 0) is 18.7 Å². The molecule has 0 atom stereocenters. The smallest absolute Gasteiger partial charge is 0.240 e. The van der Waals surface area contributed by atoms with Gasteiger partial charge >= 0.3 is 0 Å². The van der Waals surface area contributed by atoms with Crippen LogP contribution in [0.25, 0.3) is 11.3 Å². The average molecular weight is 359 g/mol. The second-order valence-corrected chi connectivity index (χ2v) is 7.79. The molecule has 5 nitrogen and oxygen atoms in total. The van der Waals surface area contributed by atoms with Crippen molar-refractivity contribution in [1.82, 2.24) is 9.71 Å². The predicted molar refractivity (Wildman–Crippen MR) is 97.6 cm³/mol. The van der Waals surface area contributed by atoms with E-state index in [-0.39, 0.29) is 4.90 Å². The van der Waals surface area contributed by atoms with Crippen molar-refractivity contribution in [3.63, 3.8) is 0 Å². The molecule has 0 spiro atoms. The van der Waals surface area contributed by atoms with Crippen molar-refractivity contribution in [3.8, 4) is 11.3 Å². The highest BCUT2D eigenvalue weighted by molar-refractivity contribution is 7.89. The molecule has 1 heterocycles. The van der Waals surface area contributed by atoms with Gasteiger partial charge < -0.3 is 5.32 Å². The minimum atomic E-state index is -3.48. The molecule has 3 rings (SSSR count). The zero-order valence-electron chi connectivity index (χ0n) is 13.1. The Labute approximate surface area is 145 Å². The lowest BCUT2D eigenvalue weighted by molar-refractivity contribution is 0.587. The minimum Gasteiger partial charge on any atom is -0.357 e. The highest BCUT2D eigenvalue weighted by Gasteiger charge is 2.15. The van der Waals surface area contributed by atoms with E-state index >= 15 is 0 Å². The number of rotatable bonds is 6. The molecule has 2 N–H and O–H groups in total. The van der Waals surface area contributed by atoms with Gasteiger partial charge in [0.25, 0.3) is 0 Å². The summed E-state index contributed by atoms with van der Waals surface area (Å²) in [6, 6.07) is 16.9. The van der Waals surface area contributed by atoms with Gasteiger partial charge in [0.15, 0.2) is 5.13 Å². The molecule has 0 radical (unpaired) electrons. The first-order valence-electron chi connectivity index (χ1n) is 7.36. The largest absolute Gasteiger partial charge is 0.357 e. The summed E-state index contributed by atoms with van der Waals surface area (Å²) in [4.78, 5) is 4.83. The quantitative estimate of drug-likeness (QED) is 0.708. The van der Waals surface area contributed by atoms with Gasteiger partial charge in [0, 0.05) is 17.5 Å². The van der Waals surface area contributed by atoms with E-state index in [0.29, 0.717) is 12.1 Å². The second-order valence-electron chi connectivity index (χ2n) is 5.07. The van der Waals surface area contributed by atoms with E-state index in [9.17, 15) is 8.42 Å². The number of anilines is 1. The van der Waals surface area contributed by atoms with Crippen LogP contribution in [0.15, 0.2) is 64.9 Å². The monoisotopic (exact) mass is 359 g/mol. The first-order chi connectivity index (χ1) is 11.6. The van der Waals surface area contributed by atoms with E-state index in [2.05, 4.69) is 15.0 Å². The highest BCUT2D eigenvalue weighted by atomic mass is 32.2. The van der Waals surface area contributed by atoms with Crippen molar-refractivity contribution in [2.24, 2.45) is 0 Å². The van der Waals surface area contributed by atoms with Gasteiger partial charge in [-0.15, -0.1) is 11.3 Å². The zero-order valence-corrected chi connectivity index (χ0v) is 14.7. The summed E-state index contributed by atoms with van der Waals surface area (Å²) >= 11 is 1.50. The van der Waals surface area contributed by atoms with Crippen LogP contribution >= 0.6 is 11.3 Å². The number of sulfonamides is 1. The highest BCUT2D eigenvalue weighted by Crippen LogP contribution is 2.25. The van der Waals surface area contributed by atoms with Crippen LogP contribution in [-0.4, -0.2) is 20.4 Å². The second kappa shape index (κ2) is 7.12. The molecule has 2 aromatic carbocycles. The Bertz CT molecular complexity index is 922. The SMILES string of the molecule is CNS(=O)(=O)c1ccccc1CNc1nc(-c2ccccc2)cs1. The van der Waals surface area contributed by atoms with Crippen LogP contribution < -0.4 is 10.0 Å². The van der Waals surface area contributed by atoms with Crippen molar-refractivity contribution in [2.75, 3.05) is 12.4 Å². The molecule has 0 saturated carbocycles. The number of hydrogen-bond acceptors (Lipinski definition) is 5. The Kier molecular flexibility index (Phi) is 4.94. The molecule has 24 heavy (non-hydrogen) atoms. The molecular formula is C17H17N3O2S2. The predicted octanol–water partition coefficient (Wildman–Crippen LogP) is 3.33. The van der Waals surface area contributed by atoms with E-state index in [4.69, 9.17) is 0 Å². The number of hydrogen-bond donors (Lipinski definition) is 2. The van der Waals surface area contributed by atoms with E-state index in [1.165, 1.54) is 18.4 Å². The molecule has 0 bridgehead atoms. The molecule has 0 unspecified atom stereocenters. The number of benzene rings is 2. The molecule has 124 valence electrons. The van der Waals surface area contributed by atoms with Crippen LogP contribution in [0.4, 0.5) is 5.13 Å². The van der Waals surface area contributed by atoms with Crippen LogP contribution in [0.2, 0.25) is 0 Å². The number of nitrogens with zero attached hydrogens (tertiary/aromatic N) is 1. The fourth-order valence-electron chi connectivity index (χ4n) is 2.29. The van der Waals surface area contributed by atoms with E-state index in [1.807, 2.05) is 41.8 Å². The van der Waals surface area contributed by atoms with Crippen molar-refractivity contribution in [1.29, 1.82) is 0 Å². The third-order valence-electron chi connectivity index (χ3n) is 3.53. The third kappa shape index (κ3) is 3.64. The van der Waals surface area contributed by atoms with E-state index in [1.54, 1.807) is 18.2 Å². The summed E-state index contributed by atoms with van der Waals surface area (Å²) in [6.07, 6.45) is 0. The Morgan fingerprint density at radius 3 is 2.50 bits per heavy atom. The lowest BCUT2D eigenvalue weighted by atomic mass is 10.2. The molecule has 0 aliphatic rings. The molecule has 3 aromatic rings. The molecule has 0 fully saturated rings. The molecule has 1 aromatic heterocycles. The molecule has 7 heteroatoms. The van der Waals surface area contributed by atoms with Crippen LogP contribution in [0.1, 0.15) is 5.56 Å². The van der Waals surface area contributed by atoms with E-state index in [0.717, 1.165) is 16.4 Å². The summed E-state index contributed by atoms with van der Waals surface area (Å²) in [5.41, 5.74) is 2.66. The Morgan fingerprint density at radius 1 is 1.04 bits per heavy atom. The number of aromatic nitrogens is 1. The normalized spacial score (nSPS) is 11.4. The van der Waals surface area contributed by atoms with Crippen molar-refractivity contribution < 1.29 is 8.42 Å². The van der Waals surface area contributed by atoms with Gasteiger partial charge in [-0.2, -0.15) is 0 Å². The Balaban J connectivity index is 1.77.